The number of carbonyl (C=O) groups is 2. The van der Waals surface area contributed by atoms with E-state index in [1.807, 2.05) is 20.8 Å². The summed E-state index contributed by atoms with van der Waals surface area (Å²) in [6.07, 6.45) is 6.98. The van der Waals surface area contributed by atoms with Gasteiger partial charge >= 0.3 is 6.03 Å². The summed E-state index contributed by atoms with van der Waals surface area (Å²) < 4.78 is 0. The van der Waals surface area contributed by atoms with Gasteiger partial charge in [0.2, 0.25) is 11.9 Å². The summed E-state index contributed by atoms with van der Waals surface area (Å²) in [6, 6.07) is 10.5. The molecule has 1 saturated carbocycles. The Bertz CT molecular complexity index is 1040. The second kappa shape index (κ2) is 8.65. The van der Waals surface area contributed by atoms with Crippen LogP contribution < -0.4 is 15.1 Å². The molecule has 1 aliphatic carbocycles. The molecule has 4 rings (SSSR count). The maximum atomic E-state index is 13.0. The lowest BCUT2D eigenvalue weighted by Crippen LogP contribution is -2.54. The number of amides is 3. The molecule has 1 aromatic heterocycles. The van der Waals surface area contributed by atoms with Crippen molar-refractivity contribution < 1.29 is 9.59 Å². The van der Waals surface area contributed by atoms with Gasteiger partial charge in [0, 0.05) is 18.0 Å². The lowest BCUT2D eigenvalue weighted by atomic mass is 9.69. The van der Waals surface area contributed by atoms with Crippen LogP contribution >= 0.6 is 0 Å². The second-order valence-corrected chi connectivity index (χ2v) is 10.9. The summed E-state index contributed by atoms with van der Waals surface area (Å²) in [5.74, 6) is 0.261. The van der Waals surface area contributed by atoms with Gasteiger partial charge in [0.15, 0.2) is 0 Å². The van der Waals surface area contributed by atoms with Crippen LogP contribution in [0, 0.1) is 5.41 Å². The Kier molecular flexibility index (Phi) is 6.14. The van der Waals surface area contributed by atoms with Crippen LogP contribution in [0.1, 0.15) is 52.0 Å². The average Bonchev–Trinajstić information content (AvgIpc) is 3.14. The van der Waals surface area contributed by atoms with Crippen molar-refractivity contribution in [3.63, 3.8) is 0 Å². The van der Waals surface area contributed by atoms with E-state index in [0.29, 0.717) is 18.2 Å². The topological polar surface area (TPSA) is 81.7 Å². The fraction of sp³-hybridized carbons (Fsp3) is 0.538. The van der Waals surface area contributed by atoms with Crippen LogP contribution in [0.2, 0.25) is 0 Å². The van der Waals surface area contributed by atoms with Gasteiger partial charge in [-0.1, -0.05) is 51.1 Å². The normalized spacial score (nSPS) is 25.0. The Morgan fingerprint density at radius 2 is 1.59 bits per heavy atom. The van der Waals surface area contributed by atoms with Crippen LogP contribution in [-0.2, 0) is 10.3 Å². The van der Waals surface area contributed by atoms with Crippen LogP contribution in [-0.4, -0.2) is 60.0 Å². The first-order valence-corrected chi connectivity index (χ1v) is 11.9. The highest BCUT2D eigenvalue weighted by Crippen LogP contribution is 2.46. The summed E-state index contributed by atoms with van der Waals surface area (Å²) in [7, 11) is 5.96. The molecule has 182 valence electrons. The van der Waals surface area contributed by atoms with Gasteiger partial charge in [0.25, 0.3) is 0 Å². The van der Waals surface area contributed by atoms with Gasteiger partial charge in [-0.25, -0.2) is 14.8 Å². The molecular formula is C26H36N6O2. The number of urea groups is 1. The number of nitrogens with one attached hydrogen (secondary N) is 1. The summed E-state index contributed by atoms with van der Waals surface area (Å²) >= 11 is 0. The Morgan fingerprint density at radius 3 is 2.12 bits per heavy atom. The van der Waals surface area contributed by atoms with Gasteiger partial charge in [-0.05, 0) is 45.3 Å². The predicted molar refractivity (Wildman–Crippen MR) is 134 cm³/mol. The fourth-order valence-corrected chi connectivity index (χ4v) is 5.31. The Balaban J connectivity index is 1.48. The van der Waals surface area contributed by atoms with Crippen LogP contribution in [0.5, 0.6) is 0 Å². The van der Waals surface area contributed by atoms with Crippen LogP contribution in [0.3, 0.4) is 0 Å². The third-order valence-electron chi connectivity index (χ3n) is 7.46. The molecule has 1 aromatic carbocycles. The van der Waals surface area contributed by atoms with Crippen molar-refractivity contribution in [1.82, 2.24) is 20.2 Å². The molecule has 1 spiro atoms. The summed E-state index contributed by atoms with van der Waals surface area (Å²) in [4.78, 5) is 39.7. The minimum absolute atomic E-state index is 0.0282. The highest BCUT2D eigenvalue weighted by molar-refractivity contribution is 5.96. The molecule has 0 bridgehead atoms. The smallest absolute Gasteiger partial charge is 0.322 e. The molecule has 2 aliphatic rings. The zero-order valence-electron chi connectivity index (χ0n) is 21.1. The van der Waals surface area contributed by atoms with Crippen molar-refractivity contribution in [2.24, 2.45) is 5.41 Å². The second-order valence-electron chi connectivity index (χ2n) is 10.9. The van der Waals surface area contributed by atoms with Crippen molar-refractivity contribution in [2.45, 2.75) is 57.5 Å². The Labute approximate surface area is 202 Å². The zero-order chi connectivity index (χ0) is 24.7. The van der Waals surface area contributed by atoms with E-state index in [2.05, 4.69) is 64.6 Å². The SMILES string of the molecule is CN(C(=O)C(C)(C)C)c1ncc(N2CC3(CCC(c4ccccc4)(N(C)C)CC3)NC2=O)cn1. The first kappa shape index (κ1) is 24.1. The van der Waals surface area contributed by atoms with Crippen LogP contribution in [0.4, 0.5) is 16.4 Å². The Morgan fingerprint density at radius 1 is 1.00 bits per heavy atom. The molecule has 8 nitrogen and oxygen atoms in total. The van der Waals surface area contributed by atoms with Gasteiger partial charge in [-0.3, -0.25) is 19.5 Å². The van der Waals surface area contributed by atoms with E-state index in [1.165, 1.54) is 10.5 Å². The molecule has 3 amide bonds. The lowest BCUT2D eigenvalue weighted by Gasteiger charge is -2.48. The quantitative estimate of drug-likeness (QED) is 0.745. The summed E-state index contributed by atoms with van der Waals surface area (Å²) in [6.45, 7) is 6.17. The standard InChI is InChI=1S/C26H36N6O2/c1-24(2,3)21(33)31(6)22-27-16-20(17-28-22)32-18-25(29-23(32)34)12-14-26(15-13-25,30(4)5)19-10-8-7-9-11-19/h7-11,16-17H,12-15,18H2,1-6H3,(H,29,34). The molecule has 1 saturated heterocycles. The number of nitrogens with zero attached hydrogens (tertiary/aromatic N) is 5. The minimum atomic E-state index is -0.527. The van der Waals surface area contributed by atoms with Gasteiger partial charge in [-0.2, -0.15) is 0 Å². The minimum Gasteiger partial charge on any atom is -0.330 e. The molecule has 1 N–H and O–H groups in total. The number of hydrogen-bond acceptors (Lipinski definition) is 5. The third kappa shape index (κ3) is 4.27. The van der Waals surface area contributed by atoms with Crippen molar-refractivity contribution in [3.8, 4) is 0 Å². The molecule has 2 heterocycles. The van der Waals surface area contributed by atoms with Crippen molar-refractivity contribution in [2.75, 3.05) is 37.5 Å². The molecule has 8 heteroatoms. The number of benzene rings is 1. The molecular weight excluding hydrogens is 428 g/mol. The maximum Gasteiger partial charge on any atom is 0.322 e. The van der Waals surface area contributed by atoms with E-state index in [0.717, 1.165) is 25.7 Å². The number of anilines is 2. The van der Waals surface area contributed by atoms with Crippen LogP contribution in [0.15, 0.2) is 42.7 Å². The van der Waals surface area contributed by atoms with E-state index in [9.17, 15) is 9.59 Å². The molecule has 0 unspecified atom stereocenters. The summed E-state index contributed by atoms with van der Waals surface area (Å²) in [5, 5.41) is 3.27. The first-order valence-electron chi connectivity index (χ1n) is 11.9. The van der Waals surface area contributed by atoms with Gasteiger partial charge in [-0.15, -0.1) is 0 Å². The average molecular weight is 465 g/mol. The van der Waals surface area contributed by atoms with Crippen molar-refractivity contribution in [3.05, 3.63) is 48.3 Å². The molecule has 0 radical (unpaired) electrons. The lowest BCUT2D eigenvalue weighted by molar-refractivity contribution is -0.125. The number of rotatable bonds is 4. The third-order valence-corrected chi connectivity index (χ3v) is 7.46. The monoisotopic (exact) mass is 464 g/mol. The van der Waals surface area contributed by atoms with Gasteiger partial charge in [0.1, 0.15) is 0 Å². The van der Waals surface area contributed by atoms with Crippen LogP contribution in [0.25, 0.3) is 0 Å². The molecule has 2 aromatic rings. The molecule has 34 heavy (non-hydrogen) atoms. The van der Waals surface area contributed by atoms with E-state index < -0.39 is 5.41 Å². The largest absolute Gasteiger partial charge is 0.330 e. The number of aromatic nitrogens is 2. The molecule has 1 aliphatic heterocycles. The first-order chi connectivity index (χ1) is 16.0. The van der Waals surface area contributed by atoms with E-state index in [1.54, 1.807) is 24.3 Å². The van der Waals surface area contributed by atoms with E-state index in [-0.39, 0.29) is 23.0 Å². The Hall–Kier alpha value is -3.00. The highest BCUT2D eigenvalue weighted by Gasteiger charge is 2.50. The van der Waals surface area contributed by atoms with Gasteiger partial charge < -0.3 is 5.32 Å². The number of carbonyl (C=O) groups excluding carboxylic acids is 2. The van der Waals surface area contributed by atoms with Gasteiger partial charge in [0.05, 0.1) is 30.2 Å². The fourth-order valence-electron chi connectivity index (χ4n) is 5.31. The number of hydrogen-bond donors (Lipinski definition) is 1. The predicted octanol–water partition coefficient (Wildman–Crippen LogP) is 3.79. The molecule has 2 fully saturated rings. The van der Waals surface area contributed by atoms with E-state index in [4.69, 9.17) is 0 Å². The maximum absolute atomic E-state index is 13.0. The molecule has 0 atom stereocenters. The van der Waals surface area contributed by atoms with Crippen molar-refractivity contribution in [1.29, 1.82) is 0 Å². The van der Waals surface area contributed by atoms with E-state index >= 15 is 0 Å². The summed E-state index contributed by atoms with van der Waals surface area (Å²) in [5.41, 5.74) is 1.15. The highest BCUT2D eigenvalue weighted by atomic mass is 16.2. The van der Waals surface area contributed by atoms with Crippen molar-refractivity contribution >= 4 is 23.6 Å². The zero-order valence-corrected chi connectivity index (χ0v) is 21.1.